The Morgan fingerprint density at radius 1 is 1.04 bits per heavy atom. The summed E-state index contributed by atoms with van der Waals surface area (Å²) in [5.74, 6) is -2.00. The minimum Gasteiger partial charge on any atom is -0.479 e. The summed E-state index contributed by atoms with van der Waals surface area (Å²) in [5.41, 5.74) is 0.649. The van der Waals surface area contributed by atoms with Crippen LogP contribution < -0.4 is 15.4 Å². The smallest absolute Gasteiger partial charge is 0.344 e. The number of non-ortho nitro benzene ring substituents is 1. The maximum absolute atomic E-state index is 13.3. The van der Waals surface area contributed by atoms with Gasteiger partial charge in [-0.3, -0.25) is 14.9 Å². The Morgan fingerprint density at radius 2 is 1.75 bits per heavy atom. The van der Waals surface area contributed by atoms with Gasteiger partial charge in [-0.15, -0.1) is 0 Å². The zero-order valence-electron chi connectivity index (χ0n) is 14.7. The molecule has 1 amide bonds. The molecule has 2 N–H and O–H groups in total. The Labute approximate surface area is 159 Å². The van der Waals surface area contributed by atoms with E-state index in [1.807, 2.05) is 0 Å². The highest BCUT2D eigenvalue weighted by molar-refractivity contribution is 5.80. The van der Waals surface area contributed by atoms with Crippen LogP contribution in [-0.2, 0) is 14.3 Å². The van der Waals surface area contributed by atoms with Gasteiger partial charge in [0.15, 0.2) is 24.8 Å². The SMILES string of the molecule is O=C(COC(=O)COc1ccccc1F)NCCNc1ccc([N+](=O)[O-])cc1. The third-order valence-electron chi connectivity index (χ3n) is 3.40. The summed E-state index contributed by atoms with van der Waals surface area (Å²) in [6, 6.07) is 11.4. The standard InChI is InChI=1S/C18H18FN3O6/c19-15-3-1-2-4-16(15)27-12-18(24)28-11-17(23)21-10-9-20-13-5-7-14(8-6-13)22(25)26/h1-8,20H,9-12H2,(H,21,23). The van der Waals surface area contributed by atoms with E-state index < -0.39 is 35.8 Å². The molecule has 0 fully saturated rings. The van der Waals surface area contributed by atoms with E-state index in [0.717, 1.165) is 0 Å². The highest BCUT2D eigenvalue weighted by Crippen LogP contribution is 2.15. The van der Waals surface area contributed by atoms with Crippen LogP contribution in [0.15, 0.2) is 48.5 Å². The zero-order chi connectivity index (χ0) is 20.4. The Morgan fingerprint density at radius 3 is 2.43 bits per heavy atom. The highest BCUT2D eigenvalue weighted by Gasteiger charge is 2.10. The van der Waals surface area contributed by atoms with Crippen molar-refractivity contribution in [1.82, 2.24) is 5.32 Å². The molecular formula is C18H18FN3O6. The fraction of sp³-hybridized carbons (Fsp3) is 0.222. The number of hydrogen-bond acceptors (Lipinski definition) is 7. The van der Waals surface area contributed by atoms with Crippen molar-refractivity contribution in [3.63, 3.8) is 0 Å². The topological polar surface area (TPSA) is 120 Å². The predicted molar refractivity (Wildman–Crippen MR) is 97.4 cm³/mol. The van der Waals surface area contributed by atoms with Crippen LogP contribution in [0.25, 0.3) is 0 Å². The second kappa shape index (κ2) is 10.5. The number of para-hydroxylation sites is 1. The summed E-state index contributed by atoms with van der Waals surface area (Å²) < 4.78 is 23.0. The lowest BCUT2D eigenvalue weighted by molar-refractivity contribution is -0.384. The molecule has 2 rings (SSSR count). The number of carbonyl (C=O) groups is 2. The van der Waals surface area contributed by atoms with Crippen LogP contribution in [-0.4, -0.2) is 43.1 Å². The van der Waals surface area contributed by atoms with Crippen LogP contribution in [0.1, 0.15) is 0 Å². The number of nitro groups is 1. The number of nitrogens with zero attached hydrogens (tertiary/aromatic N) is 1. The van der Waals surface area contributed by atoms with Gasteiger partial charge in [-0.1, -0.05) is 12.1 Å². The number of halogens is 1. The molecule has 28 heavy (non-hydrogen) atoms. The van der Waals surface area contributed by atoms with Crippen molar-refractivity contribution in [3.05, 3.63) is 64.5 Å². The molecule has 2 aromatic carbocycles. The van der Waals surface area contributed by atoms with E-state index in [1.54, 1.807) is 18.2 Å². The molecule has 10 heteroatoms. The van der Waals surface area contributed by atoms with E-state index in [4.69, 9.17) is 9.47 Å². The van der Waals surface area contributed by atoms with E-state index in [1.165, 1.54) is 30.3 Å². The summed E-state index contributed by atoms with van der Waals surface area (Å²) in [6.45, 7) is -0.389. The largest absolute Gasteiger partial charge is 0.479 e. The average Bonchev–Trinajstić information content (AvgIpc) is 2.69. The summed E-state index contributed by atoms with van der Waals surface area (Å²) in [6.07, 6.45) is 0. The first-order chi connectivity index (χ1) is 13.5. The number of rotatable bonds is 10. The first-order valence-corrected chi connectivity index (χ1v) is 8.23. The van der Waals surface area contributed by atoms with Crippen LogP contribution in [0.2, 0.25) is 0 Å². The van der Waals surface area contributed by atoms with Crippen molar-refractivity contribution < 1.29 is 28.4 Å². The molecular weight excluding hydrogens is 373 g/mol. The molecule has 2 aromatic rings. The normalized spacial score (nSPS) is 10.0. The van der Waals surface area contributed by atoms with Crippen molar-refractivity contribution in [2.24, 2.45) is 0 Å². The summed E-state index contributed by atoms with van der Waals surface area (Å²) in [5, 5.41) is 16.1. The fourth-order valence-corrected chi connectivity index (χ4v) is 2.05. The summed E-state index contributed by atoms with van der Waals surface area (Å²) >= 11 is 0. The first-order valence-electron chi connectivity index (χ1n) is 8.23. The van der Waals surface area contributed by atoms with Crippen molar-refractivity contribution >= 4 is 23.3 Å². The molecule has 0 aromatic heterocycles. The number of benzene rings is 2. The monoisotopic (exact) mass is 391 g/mol. The van der Waals surface area contributed by atoms with Gasteiger partial charge < -0.3 is 20.1 Å². The molecule has 0 atom stereocenters. The Kier molecular flexibility index (Phi) is 7.70. The minimum absolute atomic E-state index is 0.0142. The molecule has 0 saturated carbocycles. The molecule has 0 spiro atoms. The number of hydrogen-bond donors (Lipinski definition) is 2. The molecule has 0 saturated heterocycles. The molecule has 0 aliphatic heterocycles. The number of carbonyl (C=O) groups excluding carboxylic acids is 2. The van der Waals surface area contributed by atoms with E-state index in [-0.39, 0.29) is 18.0 Å². The van der Waals surface area contributed by atoms with Crippen LogP contribution in [0.4, 0.5) is 15.8 Å². The van der Waals surface area contributed by atoms with E-state index in [9.17, 15) is 24.1 Å². The molecule has 148 valence electrons. The van der Waals surface area contributed by atoms with Crippen molar-refractivity contribution in [2.45, 2.75) is 0 Å². The quantitative estimate of drug-likeness (QED) is 0.275. The lowest BCUT2D eigenvalue weighted by atomic mass is 10.3. The number of ether oxygens (including phenoxy) is 2. The second-order valence-electron chi connectivity index (χ2n) is 5.46. The van der Waals surface area contributed by atoms with Gasteiger partial charge in [0.05, 0.1) is 4.92 Å². The number of amides is 1. The Bertz CT molecular complexity index is 828. The molecule has 0 aliphatic carbocycles. The molecule has 0 unspecified atom stereocenters. The number of nitro benzene ring substituents is 1. The van der Waals surface area contributed by atoms with E-state index >= 15 is 0 Å². The van der Waals surface area contributed by atoms with Crippen LogP contribution in [0.3, 0.4) is 0 Å². The number of esters is 1. The second-order valence-corrected chi connectivity index (χ2v) is 5.46. The molecule has 0 radical (unpaired) electrons. The lowest BCUT2D eigenvalue weighted by Gasteiger charge is -2.09. The lowest BCUT2D eigenvalue weighted by Crippen LogP contribution is -2.33. The van der Waals surface area contributed by atoms with Crippen molar-refractivity contribution in [1.29, 1.82) is 0 Å². The highest BCUT2D eigenvalue weighted by atomic mass is 19.1. The van der Waals surface area contributed by atoms with Gasteiger partial charge in [0.1, 0.15) is 0 Å². The van der Waals surface area contributed by atoms with Gasteiger partial charge in [0.25, 0.3) is 11.6 Å². The average molecular weight is 391 g/mol. The first kappa shape index (κ1) is 20.6. The third kappa shape index (κ3) is 6.90. The van der Waals surface area contributed by atoms with Crippen LogP contribution in [0.5, 0.6) is 5.75 Å². The van der Waals surface area contributed by atoms with Gasteiger partial charge in [0, 0.05) is 30.9 Å². The third-order valence-corrected chi connectivity index (χ3v) is 3.40. The van der Waals surface area contributed by atoms with Gasteiger partial charge in [-0.2, -0.15) is 0 Å². The number of nitrogens with one attached hydrogen (secondary N) is 2. The van der Waals surface area contributed by atoms with Crippen molar-refractivity contribution in [3.8, 4) is 5.75 Å². The molecule has 0 bridgehead atoms. The molecule has 9 nitrogen and oxygen atoms in total. The van der Waals surface area contributed by atoms with Gasteiger partial charge >= 0.3 is 5.97 Å². The maximum atomic E-state index is 13.3. The molecule has 0 aliphatic rings. The van der Waals surface area contributed by atoms with Gasteiger partial charge in [-0.05, 0) is 24.3 Å². The van der Waals surface area contributed by atoms with E-state index in [0.29, 0.717) is 12.2 Å². The van der Waals surface area contributed by atoms with Gasteiger partial charge in [-0.25, -0.2) is 9.18 Å². The van der Waals surface area contributed by atoms with Crippen LogP contribution >= 0.6 is 0 Å². The predicted octanol–water partition coefficient (Wildman–Crippen LogP) is 1.88. The zero-order valence-corrected chi connectivity index (χ0v) is 14.7. The van der Waals surface area contributed by atoms with Crippen molar-refractivity contribution in [2.75, 3.05) is 31.6 Å². The maximum Gasteiger partial charge on any atom is 0.344 e. The fourth-order valence-electron chi connectivity index (χ4n) is 2.05. The molecule has 0 heterocycles. The number of anilines is 1. The van der Waals surface area contributed by atoms with Crippen LogP contribution in [0, 0.1) is 15.9 Å². The summed E-state index contributed by atoms with van der Waals surface area (Å²) in [7, 11) is 0. The Hall–Kier alpha value is -3.69. The van der Waals surface area contributed by atoms with E-state index in [2.05, 4.69) is 10.6 Å². The van der Waals surface area contributed by atoms with Gasteiger partial charge in [0.2, 0.25) is 0 Å². The summed E-state index contributed by atoms with van der Waals surface area (Å²) in [4.78, 5) is 33.2. The Balaban J connectivity index is 1.58. The minimum atomic E-state index is -0.803.